The van der Waals surface area contributed by atoms with Crippen LogP contribution in [0.5, 0.6) is 0 Å². The lowest BCUT2D eigenvalue weighted by atomic mass is 9.74. The lowest BCUT2D eigenvalue weighted by molar-refractivity contribution is 0.189. The van der Waals surface area contributed by atoms with Crippen LogP contribution in [0, 0.1) is 17.3 Å². The zero-order valence-electron chi connectivity index (χ0n) is 11.3. The van der Waals surface area contributed by atoms with E-state index in [0.717, 1.165) is 11.8 Å². The van der Waals surface area contributed by atoms with Crippen molar-refractivity contribution in [3.63, 3.8) is 0 Å². The maximum atomic E-state index is 2.47. The Bertz CT molecular complexity index is 222. The third-order valence-corrected chi connectivity index (χ3v) is 4.71. The van der Waals surface area contributed by atoms with Gasteiger partial charge in [0.25, 0.3) is 0 Å². The Morgan fingerprint density at radius 1 is 1.33 bits per heavy atom. The van der Waals surface area contributed by atoms with Gasteiger partial charge in [0.2, 0.25) is 0 Å². The van der Waals surface area contributed by atoms with E-state index in [2.05, 4.69) is 40.7 Å². The van der Waals surface area contributed by atoms with Crippen molar-refractivity contribution in [2.75, 3.05) is 0 Å². The topological polar surface area (TPSA) is 0 Å². The van der Waals surface area contributed by atoms with Gasteiger partial charge in [-0.05, 0) is 56.3 Å². The smallest absolute Gasteiger partial charge is 0.0300 e. The van der Waals surface area contributed by atoms with Crippen molar-refractivity contribution >= 4 is 0 Å². The summed E-state index contributed by atoms with van der Waals surface area (Å²) in [6.45, 7) is 11.9. The second kappa shape index (κ2) is 5.18. The number of hydrogen-bond donors (Lipinski definition) is 0. The molecule has 0 aromatic rings. The lowest BCUT2D eigenvalue weighted by Crippen LogP contribution is -2.23. The molecule has 1 aliphatic rings. The van der Waals surface area contributed by atoms with Gasteiger partial charge in [-0.1, -0.05) is 39.3 Å². The standard InChI is InChI=1S/C15H28/c1-6-7-12(2)8-10-14-11-9-13(3)15(14,4)5/h7,13-14H,6,8-11H2,1-5H3. The molecule has 0 amide bonds. The van der Waals surface area contributed by atoms with Crippen LogP contribution in [-0.4, -0.2) is 0 Å². The molecule has 0 aromatic carbocycles. The fourth-order valence-electron chi connectivity index (χ4n) is 2.97. The Morgan fingerprint density at radius 3 is 2.47 bits per heavy atom. The van der Waals surface area contributed by atoms with Crippen LogP contribution in [0.2, 0.25) is 0 Å². The Hall–Kier alpha value is -0.260. The van der Waals surface area contributed by atoms with Crippen molar-refractivity contribution in [2.45, 2.75) is 66.7 Å². The molecule has 2 unspecified atom stereocenters. The van der Waals surface area contributed by atoms with Crippen molar-refractivity contribution in [3.05, 3.63) is 11.6 Å². The minimum Gasteiger partial charge on any atom is -0.0859 e. The van der Waals surface area contributed by atoms with Gasteiger partial charge >= 0.3 is 0 Å². The normalized spacial score (nSPS) is 30.9. The molecule has 88 valence electrons. The number of rotatable bonds is 4. The van der Waals surface area contributed by atoms with Crippen LogP contribution >= 0.6 is 0 Å². The summed E-state index contributed by atoms with van der Waals surface area (Å²) in [7, 11) is 0. The van der Waals surface area contributed by atoms with E-state index in [1.165, 1.54) is 32.1 Å². The molecule has 0 spiro atoms. The molecule has 1 rings (SSSR count). The van der Waals surface area contributed by atoms with E-state index in [1.807, 2.05) is 0 Å². The highest BCUT2D eigenvalue weighted by molar-refractivity contribution is 4.99. The van der Waals surface area contributed by atoms with Gasteiger partial charge in [0, 0.05) is 0 Å². The van der Waals surface area contributed by atoms with Crippen molar-refractivity contribution in [1.82, 2.24) is 0 Å². The zero-order chi connectivity index (χ0) is 11.5. The highest BCUT2D eigenvalue weighted by Gasteiger charge is 2.39. The third-order valence-electron chi connectivity index (χ3n) is 4.71. The van der Waals surface area contributed by atoms with Crippen LogP contribution in [0.3, 0.4) is 0 Å². The molecule has 15 heavy (non-hydrogen) atoms. The first-order valence-corrected chi connectivity index (χ1v) is 6.64. The SMILES string of the molecule is CCC=C(C)CCC1CCC(C)C1(C)C. The van der Waals surface area contributed by atoms with Crippen LogP contribution in [0.25, 0.3) is 0 Å². The van der Waals surface area contributed by atoms with E-state index in [9.17, 15) is 0 Å². The van der Waals surface area contributed by atoms with Crippen LogP contribution in [0.1, 0.15) is 66.7 Å². The van der Waals surface area contributed by atoms with Crippen molar-refractivity contribution < 1.29 is 0 Å². The molecule has 0 bridgehead atoms. The summed E-state index contributed by atoms with van der Waals surface area (Å²) in [6.07, 6.45) is 9.18. The molecular formula is C15H28. The Kier molecular flexibility index (Phi) is 4.43. The quantitative estimate of drug-likeness (QED) is 0.557. The highest BCUT2D eigenvalue weighted by atomic mass is 14.4. The zero-order valence-corrected chi connectivity index (χ0v) is 11.3. The van der Waals surface area contributed by atoms with E-state index >= 15 is 0 Å². The Morgan fingerprint density at radius 2 is 2.00 bits per heavy atom. The van der Waals surface area contributed by atoms with Gasteiger partial charge in [-0.3, -0.25) is 0 Å². The molecule has 0 heteroatoms. The van der Waals surface area contributed by atoms with Gasteiger partial charge < -0.3 is 0 Å². The molecule has 1 aliphatic carbocycles. The van der Waals surface area contributed by atoms with Crippen LogP contribution < -0.4 is 0 Å². The van der Waals surface area contributed by atoms with E-state index in [4.69, 9.17) is 0 Å². The third kappa shape index (κ3) is 3.09. The Labute approximate surface area is 96.2 Å². The summed E-state index contributed by atoms with van der Waals surface area (Å²) in [6, 6.07) is 0. The molecule has 2 atom stereocenters. The van der Waals surface area contributed by atoms with E-state index in [0.29, 0.717) is 5.41 Å². The first-order chi connectivity index (χ1) is 6.98. The van der Waals surface area contributed by atoms with Gasteiger partial charge in [-0.25, -0.2) is 0 Å². The second-order valence-corrected chi connectivity index (χ2v) is 5.99. The molecule has 0 radical (unpaired) electrons. The maximum absolute atomic E-state index is 2.47. The molecule has 0 N–H and O–H groups in total. The van der Waals surface area contributed by atoms with Crippen LogP contribution in [-0.2, 0) is 0 Å². The lowest BCUT2D eigenvalue weighted by Gasteiger charge is -2.31. The van der Waals surface area contributed by atoms with Gasteiger partial charge in [-0.2, -0.15) is 0 Å². The molecule has 0 aliphatic heterocycles. The minimum absolute atomic E-state index is 0.576. The fourth-order valence-corrected chi connectivity index (χ4v) is 2.97. The highest BCUT2D eigenvalue weighted by Crippen LogP contribution is 2.49. The summed E-state index contributed by atoms with van der Waals surface area (Å²) < 4.78 is 0. The first-order valence-electron chi connectivity index (χ1n) is 6.64. The predicted octanol–water partition coefficient (Wildman–Crippen LogP) is 5.20. The van der Waals surface area contributed by atoms with E-state index in [-0.39, 0.29) is 0 Å². The molecule has 1 fully saturated rings. The Balaban J connectivity index is 2.43. The summed E-state index contributed by atoms with van der Waals surface area (Å²) in [4.78, 5) is 0. The summed E-state index contributed by atoms with van der Waals surface area (Å²) >= 11 is 0. The molecular weight excluding hydrogens is 180 g/mol. The van der Waals surface area contributed by atoms with Gasteiger partial charge in [-0.15, -0.1) is 0 Å². The molecule has 1 saturated carbocycles. The second-order valence-electron chi connectivity index (χ2n) is 5.99. The number of allylic oxidation sites excluding steroid dienone is 2. The van der Waals surface area contributed by atoms with E-state index < -0.39 is 0 Å². The van der Waals surface area contributed by atoms with Gasteiger partial charge in [0.1, 0.15) is 0 Å². The first kappa shape index (κ1) is 12.8. The predicted molar refractivity (Wildman–Crippen MR) is 69.0 cm³/mol. The largest absolute Gasteiger partial charge is 0.0859 e. The minimum atomic E-state index is 0.576. The molecule has 0 saturated heterocycles. The average Bonchev–Trinajstić information content (AvgIpc) is 2.40. The molecule has 0 nitrogen and oxygen atoms in total. The fraction of sp³-hybridized carbons (Fsp3) is 0.867. The molecule has 0 heterocycles. The average molecular weight is 208 g/mol. The monoisotopic (exact) mass is 208 g/mol. The summed E-state index contributed by atoms with van der Waals surface area (Å²) in [5, 5.41) is 0. The van der Waals surface area contributed by atoms with Gasteiger partial charge in [0.05, 0.1) is 0 Å². The van der Waals surface area contributed by atoms with Gasteiger partial charge in [0.15, 0.2) is 0 Å². The van der Waals surface area contributed by atoms with Crippen molar-refractivity contribution in [2.24, 2.45) is 17.3 Å². The van der Waals surface area contributed by atoms with Crippen LogP contribution in [0.15, 0.2) is 11.6 Å². The van der Waals surface area contributed by atoms with Crippen molar-refractivity contribution in [1.29, 1.82) is 0 Å². The molecule has 0 aromatic heterocycles. The maximum Gasteiger partial charge on any atom is -0.0300 e. The van der Waals surface area contributed by atoms with E-state index in [1.54, 1.807) is 5.57 Å². The van der Waals surface area contributed by atoms with Crippen LogP contribution in [0.4, 0.5) is 0 Å². The van der Waals surface area contributed by atoms with Crippen molar-refractivity contribution in [3.8, 4) is 0 Å². The summed E-state index contributed by atoms with van der Waals surface area (Å²) in [5.74, 6) is 1.87. The number of hydrogen-bond acceptors (Lipinski definition) is 0. The summed E-state index contributed by atoms with van der Waals surface area (Å²) in [5.41, 5.74) is 2.17.